The number of benzene rings is 1. The minimum absolute atomic E-state index is 0.101. The van der Waals surface area contributed by atoms with E-state index in [4.69, 9.17) is 0 Å². The highest BCUT2D eigenvalue weighted by Crippen LogP contribution is 2.24. The summed E-state index contributed by atoms with van der Waals surface area (Å²) in [6.07, 6.45) is 2.40. The van der Waals surface area contributed by atoms with Crippen LogP contribution in [0.5, 0.6) is 0 Å². The van der Waals surface area contributed by atoms with Crippen LogP contribution in [0.25, 0.3) is 0 Å². The Balaban J connectivity index is 2.36. The highest BCUT2D eigenvalue weighted by Gasteiger charge is 2.18. The van der Waals surface area contributed by atoms with Crippen LogP contribution in [0.3, 0.4) is 0 Å². The van der Waals surface area contributed by atoms with Gasteiger partial charge in [0.25, 0.3) is 0 Å². The average molecular weight is 286 g/mol. The molecule has 2 aromatic rings. The van der Waals surface area contributed by atoms with Gasteiger partial charge in [0.05, 0.1) is 11.7 Å². The van der Waals surface area contributed by atoms with Crippen molar-refractivity contribution in [2.24, 2.45) is 0 Å². The first-order valence-electron chi connectivity index (χ1n) is 7.43. The van der Waals surface area contributed by atoms with Crippen LogP contribution in [0.2, 0.25) is 0 Å². The molecule has 0 amide bonds. The van der Waals surface area contributed by atoms with Gasteiger partial charge in [0.1, 0.15) is 5.82 Å². The van der Waals surface area contributed by atoms with Gasteiger partial charge in [-0.15, -0.1) is 0 Å². The summed E-state index contributed by atoms with van der Waals surface area (Å²) in [4.78, 5) is 4.23. The van der Waals surface area contributed by atoms with Crippen molar-refractivity contribution in [1.82, 2.24) is 10.3 Å². The van der Waals surface area contributed by atoms with Crippen molar-refractivity contribution in [3.63, 3.8) is 0 Å². The van der Waals surface area contributed by atoms with E-state index in [0.717, 1.165) is 13.0 Å². The summed E-state index contributed by atoms with van der Waals surface area (Å²) in [6.45, 7) is 9.15. The fourth-order valence-corrected chi connectivity index (χ4v) is 2.90. The van der Waals surface area contributed by atoms with Gasteiger partial charge in [0.15, 0.2) is 0 Å². The Morgan fingerprint density at radius 3 is 2.43 bits per heavy atom. The van der Waals surface area contributed by atoms with Gasteiger partial charge in [-0.1, -0.05) is 24.6 Å². The monoisotopic (exact) mass is 286 g/mol. The largest absolute Gasteiger partial charge is 0.309 e. The van der Waals surface area contributed by atoms with Crippen LogP contribution < -0.4 is 5.32 Å². The second-order valence-corrected chi connectivity index (χ2v) is 5.56. The second-order valence-electron chi connectivity index (χ2n) is 5.56. The van der Waals surface area contributed by atoms with Gasteiger partial charge in [-0.2, -0.15) is 0 Å². The van der Waals surface area contributed by atoms with E-state index >= 15 is 0 Å². The molecule has 0 bridgehead atoms. The zero-order valence-electron chi connectivity index (χ0n) is 13.2. The van der Waals surface area contributed by atoms with E-state index in [-0.39, 0.29) is 11.9 Å². The van der Waals surface area contributed by atoms with Gasteiger partial charge in [-0.05, 0) is 62.6 Å². The fourth-order valence-electron chi connectivity index (χ4n) is 2.90. The smallest absolute Gasteiger partial charge is 0.146 e. The van der Waals surface area contributed by atoms with Gasteiger partial charge in [-0.25, -0.2) is 4.39 Å². The first kappa shape index (κ1) is 15.6. The molecule has 2 nitrogen and oxygen atoms in total. The molecule has 1 aromatic carbocycles. The van der Waals surface area contributed by atoms with Gasteiger partial charge >= 0.3 is 0 Å². The van der Waals surface area contributed by atoms with E-state index in [2.05, 4.69) is 43.2 Å². The maximum absolute atomic E-state index is 14.0. The summed E-state index contributed by atoms with van der Waals surface area (Å²) < 4.78 is 14.0. The summed E-state index contributed by atoms with van der Waals surface area (Å²) in [6, 6.07) is 7.36. The van der Waals surface area contributed by atoms with E-state index in [1.54, 1.807) is 12.3 Å². The standard InChI is InChI=1S/C18H23FN2/c1-5-20-17(18-16(19)7-6-8-21-18)11-15-13(3)9-12(2)10-14(15)4/h6-10,17,20H,5,11H2,1-4H3. The molecule has 1 unspecified atom stereocenters. The number of aryl methyl sites for hydroxylation is 3. The Kier molecular flexibility index (Phi) is 5.07. The van der Waals surface area contributed by atoms with E-state index < -0.39 is 0 Å². The number of rotatable bonds is 5. The number of nitrogens with one attached hydrogen (secondary N) is 1. The lowest BCUT2D eigenvalue weighted by Gasteiger charge is -2.21. The third kappa shape index (κ3) is 3.67. The first-order valence-corrected chi connectivity index (χ1v) is 7.43. The van der Waals surface area contributed by atoms with E-state index in [1.807, 2.05) is 6.92 Å². The molecule has 1 N–H and O–H groups in total. The van der Waals surface area contributed by atoms with Crippen molar-refractivity contribution in [2.45, 2.75) is 40.2 Å². The highest BCUT2D eigenvalue weighted by atomic mass is 19.1. The van der Waals surface area contributed by atoms with E-state index in [0.29, 0.717) is 5.69 Å². The zero-order valence-corrected chi connectivity index (χ0v) is 13.2. The van der Waals surface area contributed by atoms with Crippen LogP contribution in [0.1, 0.15) is 40.9 Å². The molecule has 0 saturated carbocycles. The molecule has 0 radical (unpaired) electrons. The molecule has 0 aliphatic carbocycles. The van der Waals surface area contributed by atoms with Crippen LogP contribution in [-0.4, -0.2) is 11.5 Å². The molecule has 0 aliphatic heterocycles. The molecule has 21 heavy (non-hydrogen) atoms. The van der Waals surface area contributed by atoms with E-state index in [9.17, 15) is 4.39 Å². The molecule has 2 rings (SSSR count). The van der Waals surface area contributed by atoms with Crippen molar-refractivity contribution in [1.29, 1.82) is 0 Å². The summed E-state index contributed by atoms with van der Waals surface area (Å²) in [5.41, 5.74) is 5.55. The summed E-state index contributed by atoms with van der Waals surface area (Å²) in [7, 11) is 0. The molecular weight excluding hydrogens is 263 g/mol. The molecule has 0 fully saturated rings. The Morgan fingerprint density at radius 2 is 1.86 bits per heavy atom. The highest BCUT2D eigenvalue weighted by molar-refractivity contribution is 5.38. The quantitative estimate of drug-likeness (QED) is 0.897. The van der Waals surface area contributed by atoms with Crippen LogP contribution >= 0.6 is 0 Å². The molecule has 1 aromatic heterocycles. The predicted octanol–water partition coefficient (Wildman–Crippen LogP) is 4.04. The first-order chi connectivity index (χ1) is 10.0. The lowest BCUT2D eigenvalue weighted by Crippen LogP contribution is -2.25. The van der Waals surface area contributed by atoms with Crippen LogP contribution in [0.15, 0.2) is 30.5 Å². The summed E-state index contributed by atoms with van der Waals surface area (Å²) in [5.74, 6) is -0.245. The predicted molar refractivity (Wildman–Crippen MR) is 85.0 cm³/mol. The third-order valence-electron chi connectivity index (χ3n) is 3.82. The zero-order chi connectivity index (χ0) is 15.4. The van der Waals surface area contributed by atoms with Crippen molar-refractivity contribution in [3.8, 4) is 0 Å². The molecule has 1 atom stereocenters. The Bertz CT molecular complexity index is 599. The topological polar surface area (TPSA) is 24.9 Å². The molecule has 112 valence electrons. The average Bonchev–Trinajstić information content (AvgIpc) is 2.42. The van der Waals surface area contributed by atoms with Gasteiger partial charge in [-0.3, -0.25) is 4.98 Å². The van der Waals surface area contributed by atoms with E-state index in [1.165, 1.54) is 28.3 Å². The summed E-state index contributed by atoms with van der Waals surface area (Å²) in [5, 5.41) is 3.35. The number of nitrogens with zero attached hydrogens (tertiary/aromatic N) is 1. The third-order valence-corrected chi connectivity index (χ3v) is 3.82. The lowest BCUT2D eigenvalue weighted by molar-refractivity contribution is 0.493. The van der Waals surface area contributed by atoms with Crippen LogP contribution in [0, 0.1) is 26.6 Å². The van der Waals surface area contributed by atoms with Crippen LogP contribution in [-0.2, 0) is 6.42 Å². The number of likely N-dealkylation sites (N-methyl/N-ethyl adjacent to an activating group) is 1. The van der Waals surface area contributed by atoms with Gasteiger partial charge in [0, 0.05) is 6.20 Å². The number of pyridine rings is 1. The van der Waals surface area contributed by atoms with Crippen molar-refractivity contribution < 1.29 is 4.39 Å². The summed E-state index contributed by atoms with van der Waals surface area (Å²) >= 11 is 0. The van der Waals surface area contributed by atoms with Gasteiger partial charge in [0.2, 0.25) is 0 Å². The molecule has 0 aliphatic rings. The van der Waals surface area contributed by atoms with Crippen molar-refractivity contribution >= 4 is 0 Å². The Morgan fingerprint density at radius 1 is 1.19 bits per heavy atom. The van der Waals surface area contributed by atoms with Gasteiger partial charge < -0.3 is 5.32 Å². The number of hydrogen-bond acceptors (Lipinski definition) is 2. The van der Waals surface area contributed by atoms with Crippen LogP contribution in [0.4, 0.5) is 4.39 Å². The van der Waals surface area contributed by atoms with Crippen molar-refractivity contribution in [3.05, 3.63) is 64.2 Å². The number of hydrogen-bond donors (Lipinski definition) is 1. The molecule has 0 saturated heterocycles. The number of aromatic nitrogens is 1. The minimum Gasteiger partial charge on any atom is -0.309 e. The molecule has 0 spiro atoms. The maximum Gasteiger partial charge on any atom is 0.146 e. The fraction of sp³-hybridized carbons (Fsp3) is 0.389. The number of halogens is 1. The molecular formula is C18H23FN2. The maximum atomic E-state index is 14.0. The molecule has 1 heterocycles. The van der Waals surface area contributed by atoms with Crippen molar-refractivity contribution in [2.75, 3.05) is 6.54 Å². The normalized spacial score (nSPS) is 12.4. The second kappa shape index (κ2) is 6.81. The SMILES string of the molecule is CCNC(Cc1c(C)cc(C)cc1C)c1ncccc1F. The Labute approximate surface area is 126 Å². The molecule has 3 heteroatoms. The Hall–Kier alpha value is -1.74. The lowest BCUT2D eigenvalue weighted by atomic mass is 9.93. The minimum atomic E-state index is -0.245.